The summed E-state index contributed by atoms with van der Waals surface area (Å²) < 4.78 is 0. The average molecular weight is 284 g/mol. The summed E-state index contributed by atoms with van der Waals surface area (Å²) in [5, 5.41) is 12.7. The molecule has 21 heavy (non-hydrogen) atoms. The van der Waals surface area contributed by atoms with Gasteiger partial charge in [-0.3, -0.25) is 15.0 Å². The zero-order chi connectivity index (χ0) is 14.7. The third-order valence-electron chi connectivity index (χ3n) is 3.66. The molecule has 1 heterocycles. The molecule has 5 nitrogen and oxygen atoms in total. The standard InChI is InChI=1S/C16H16N2O3/c19-17(20)11-14-12-21-18(15-9-5-2-6-10-15)16(14)13-7-3-1-4-8-13/h1-10,14,16H,11-12H2/t14-,16-/m0/s1. The van der Waals surface area contributed by atoms with Gasteiger partial charge in [-0.15, -0.1) is 0 Å². The number of hydrogen-bond donors (Lipinski definition) is 0. The fourth-order valence-corrected chi connectivity index (χ4v) is 2.75. The molecule has 0 amide bonds. The van der Waals surface area contributed by atoms with Crippen LogP contribution in [-0.4, -0.2) is 18.1 Å². The minimum atomic E-state index is -0.265. The van der Waals surface area contributed by atoms with Gasteiger partial charge in [0.2, 0.25) is 6.54 Å². The molecule has 5 heteroatoms. The Labute approximate surface area is 122 Å². The minimum absolute atomic E-state index is 0.0944. The Bertz CT molecular complexity index is 603. The van der Waals surface area contributed by atoms with Gasteiger partial charge in [0.1, 0.15) is 0 Å². The first kappa shape index (κ1) is 13.6. The lowest BCUT2D eigenvalue weighted by Gasteiger charge is -2.26. The monoisotopic (exact) mass is 284 g/mol. The van der Waals surface area contributed by atoms with Gasteiger partial charge in [-0.2, -0.15) is 0 Å². The van der Waals surface area contributed by atoms with Crippen LogP contribution in [0.3, 0.4) is 0 Å². The Hall–Kier alpha value is -2.40. The largest absolute Gasteiger partial charge is 0.272 e. The molecule has 0 radical (unpaired) electrons. The van der Waals surface area contributed by atoms with Crippen molar-refractivity contribution < 1.29 is 9.76 Å². The predicted octanol–water partition coefficient (Wildman–Crippen LogP) is 3.07. The van der Waals surface area contributed by atoms with E-state index in [1.165, 1.54) is 0 Å². The van der Waals surface area contributed by atoms with Gasteiger partial charge < -0.3 is 0 Å². The van der Waals surface area contributed by atoms with Crippen molar-refractivity contribution in [3.8, 4) is 0 Å². The topological polar surface area (TPSA) is 55.6 Å². The molecule has 1 aliphatic rings. The van der Waals surface area contributed by atoms with Gasteiger partial charge in [0, 0.05) is 4.92 Å². The van der Waals surface area contributed by atoms with Crippen molar-refractivity contribution in [1.82, 2.24) is 0 Å². The van der Waals surface area contributed by atoms with E-state index in [0.29, 0.717) is 6.61 Å². The van der Waals surface area contributed by atoms with Crippen molar-refractivity contribution in [2.24, 2.45) is 5.92 Å². The van der Waals surface area contributed by atoms with Crippen LogP contribution in [0.15, 0.2) is 60.7 Å². The van der Waals surface area contributed by atoms with E-state index in [1.54, 1.807) is 5.06 Å². The van der Waals surface area contributed by atoms with Crippen LogP contribution in [0.25, 0.3) is 0 Å². The van der Waals surface area contributed by atoms with Crippen molar-refractivity contribution in [3.05, 3.63) is 76.3 Å². The number of hydrogen-bond acceptors (Lipinski definition) is 4. The highest BCUT2D eigenvalue weighted by atomic mass is 16.7. The Morgan fingerprint density at radius 2 is 1.71 bits per heavy atom. The molecule has 0 aromatic heterocycles. The fraction of sp³-hybridized carbons (Fsp3) is 0.250. The maximum absolute atomic E-state index is 10.9. The normalized spacial score (nSPS) is 21.4. The summed E-state index contributed by atoms with van der Waals surface area (Å²) in [7, 11) is 0. The van der Waals surface area contributed by atoms with Crippen LogP contribution in [0, 0.1) is 16.0 Å². The molecule has 0 spiro atoms. The molecule has 3 rings (SSSR count). The third-order valence-corrected chi connectivity index (χ3v) is 3.66. The van der Waals surface area contributed by atoms with Crippen LogP contribution in [0.1, 0.15) is 11.6 Å². The van der Waals surface area contributed by atoms with Gasteiger partial charge in [-0.05, 0) is 17.7 Å². The maximum atomic E-state index is 10.9. The summed E-state index contributed by atoms with van der Waals surface area (Å²) in [6.07, 6.45) is 0. The fourth-order valence-electron chi connectivity index (χ4n) is 2.75. The maximum Gasteiger partial charge on any atom is 0.211 e. The summed E-state index contributed by atoms with van der Waals surface area (Å²) in [6, 6.07) is 19.4. The lowest BCUT2D eigenvalue weighted by atomic mass is 9.94. The van der Waals surface area contributed by atoms with Crippen molar-refractivity contribution in [2.45, 2.75) is 6.04 Å². The number of nitro groups is 1. The SMILES string of the molecule is O=[N+]([O-])C[C@H]1CON(c2ccccc2)[C@H]1c1ccccc1. The van der Waals surface area contributed by atoms with Crippen LogP contribution in [0.5, 0.6) is 0 Å². The molecule has 0 saturated carbocycles. The number of benzene rings is 2. The first-order valence-corrected chi connectivity index (χ1v) is 6.89. The highest BCUT2D eigenvalue weighted by molar-refractivity contribution is 5.47. The molecule has 0 N–H and O–H groups in total. The highest BCUT2D eigenvalue weighted by Crippen LogP contribution is 2.38. The number of anilines is 1. The van der Waals surface area contributed by atoms with Crippen LogP contribution in [0.2, 0.25) is 0 Å². The van der Waals surface area contributed by atoms with Gasteiger partial charge >= 0.3 is 0 Å². The number of hydroxylamine groups is 1. The molecule has 1 aliphatic heterocycles. The molecule has 0 bridgehead atoms. The second-order valence-electron chi connectivity index (χ2n) is 5.09. The van der Waals surface area contributed by atoms with Crippen LogP contribution >= 0.6 is 0 Å². The zero-order valence-electron chi connectivity index (χ0n) is 11.5. The van der Waals surface area contributed by atoms with Gasteiger partial charge in [-0.25, -0.2) is 5.06 Å². The minimum Gasteiger partial charge on any atom is -0.272 e. The van der Waals surface area contributed by atoms with Gasteiger partial charge in [-0.1, -0.05) is 48.5 Å². The van der Waals surface area contributed by atoms with Crippen molar-refractivity contribution in [1.29, 1.82) is 0 Å². The highest BCUT2D eigenvalue weighted by Gasteiger charge is 2.40. The summed E-state index contributed by atoms with van der Waals surface area (Å²) in [4.78, 5) is 16.4. The van der Waals surface area contributed by atoms with E-state index in [0.717, 1.165) is 11.3 Å². The molecule has 1 saturated heterocycles. The smallest absolute Gasteiger partial charge is 0.211 e. The van der Waals surface area contributed by atoms with Crippen molar-refractivity contribution in [2.75, 3.05) is 18.2 Å². The van der Waals surface area contributed by atoms with Gasteiger partial charge in [0.05, 0.1) is 24.3 Å². The summed E-state index contributed by atoms with van der Waals surface area (Å²) in [5.41, 5.74) is 1.95. The van der Waals surface area contributed by atoms with E-state index in [2.05, 4.69) is 0 Å². The summed E-state index contributed by atoms with van der Waals surface area (Å²) in [6.45, 7) is 0.262. The second-order valence-corrected chi connectivity index (χ2v) is 5.09. The van der Waals surface area contributed by atoms with Gasteiger partial charge in [0.25, 0.3) is 0 Å². The lowest BCUT2D eigenvalue weighted by molar-refractivity contribution is -0.488. The van der Waals surface area contributed by atoms with E-state index < -0.39 is 0 Å². The Balaban J connectivity index is 1.95. The molecular formula is C16H16N2O3. The van der Waals surface area contributed by atoms with E-state index in [1.807, 2.05) is 60.7 Å². The van der Waals surface area contributed by atoms with E-state index in [-0.39, 0.29) is 23.4 Å². The van der Waals surface area contributed by atoms with E-state index >= 15 is 0 Å². The number of para-hydroxylation sites is 1. The molecular weight excluding hydrogens is 268 g/mol. The number of rotatable bonds is 4. The number of nitrogens with zero attached hydrogens (tertiary/aromatic N) is 2. The quantitative estimate of drug-likeness (QED) is 0.639. The molecule has 1 fully saturated rings. The molecule has 0 aliphatic carbocycles. The Morgan fingerprint density at radius 3 is 2.33 bits per heavy atom. The zero-order valence-corrected chi connectivity index (χ0v) is 11.5. The van der Waals surface area contributed by atoms with Crippen molar-refractivity contribution in [3.63, 3.8) is 0 Å². The van der Waals surface area contributed by atoms with E-state index in [4.69, 9.17) is 4.84 Å². The molecule has 2 aromatic carbocycles. The third kappa shape index (κ3) is 2.87. The summed E-state index contributed by atoms with van der Waals surface area (Å²) in [5.74, 6) is -0.164. The van der Waals surface area contributed by atoms with E-state index in [9.17, 15) is 10.1 Å². The van der Waals surface area contributed by atoms with Gasteiger partial charge in [0.15, 0.2) is 0 Å². The van der Waals surface area contributed by atoms with Crippen molar-refractivity contribution >= 4 is 5.69 Å². The first-order chi connectivity index (χ1) is 10.3. The molecule has 2 aromatic rings. The predicted molar refractivity (Wildman–Crippen MR) is 79.4 cm³/mol. The molecule has 108 valence electrons. The second kappa shape index (κ2) is 5.93. The first-order valence-electron chi connectivity index (χ1n) is 6.89. The van der Waals surface area contributed by atoms with Crippen LogP contribution in [0.4, 0.5) is 5.69 Å². The molecule has 2 atom stereocenters. The average Bonchev–Trinajstić information content (AvgIpc) is 2.92. The Kier molecular flexibility index (Phi) is 3.83. The molecule has 0 unspecified atom stereocenters. The van der Waals surface area contributed by atoms with Crippen LogP contribution < -0.4 is 5.06 Å². The summed E-state index contributed by atoms with van der Waals surface area (Å²) >= 11 is 0. The lowest BCUT2D eigenvalue weighted by Crippen LogP contribution is -2.27. The Morgan fingerprint density at radius 1 is 1.10 bits per heavy atom. The van der Waals surface area contributed by atoms with Crippen LogP contribution in [-0.2, 0) is 4.84 Å².